The van der Waals surface area contributed by atoms with Gasteiger partial charge in [-0.3, -0.25) is 0 Å². The van der Waals surface area contributed by atoms with Crippen molar-refractivity contribution in [3.05, 3.63) is 57.6 Å². The molecule has 0 atom stereocenters. The van der Waals surface area contributed by atoms with Crippen LogP contribution >= 0.6 is 15.9 Å². The first-order valence-electron chi connectivity index (χ1n) is 6.12. The molecule has 0 bridgehead atoms. The first-order chi connectivity index (χ1) is 9.79. The van der Waals surface area contributed by atoms with E-state index in [1.165, 1.54) is 6.07 Å². The van der Waals surface area contributed by atoms with Gasteiger partial charge in [-0.1, -0.05) is 33.6 Å². The second-order valence-electron chi connectivity index (χ2n) is 4.59. The van der Waals surface area contributed by atoms with Crippen LogP contribution in [0.2, 0.25) is 0 Å². The Labute approximate surface area is 128 Å². The van der Waals surface area contributed by atoms with E-state index in [0.29, 0.717) is 21.3 Å². The van der Waals surface area contributed by atoms with Gasteiger partial charge in [-0.2, -0.15) is 13.2 Å². The number of nitrogen functional groups attached to an aromatic ring is 1. The minimum absolute atomic E-state index is 0.0423. The van der Waals surface area contributed by atoms with Gasteiger partial charge in [-0.15, -0.1) is 0 Å². The van der Waals surface area contributed by atoms with Gasteiger partial charge in [-0.25, -0.2) is 0 Å². The number of alkyl halides is 3. The third-order valence-electron chi connectivity index (χ3n) is 2.97. The van der Waals surface area contributed by atoms with Gasteiger partial charge in [0, 0.05) is 15.7 Å². The van der Waals surface area contributed by atoms with Crippen molar-refractivity contribution in [2.75, 3.05) is 5.73 Å². The molecule has 0 aliphatic rings. The third kappa shape index (κ3) is 3.69. The van der Waals surface area contributed by atoms with Crippen LogP contribution in [-0.2, 0) is 12.8 Å². The maximum Gasteiger partial charge on any atom is 0.419 e. The van der Waals surface area contributed by atoms with E-state index in [-0.39, 0.29) is 12.4 Å². The van der Waals surface area contributed by atoms with Crippen molar-refractivity contribution in [1.82, 2.24) is 0 Å². The molecule has 21 heavy (non-hydrogen) atoms. The lowest BCUT2D eigenvalue weighted by Crippen LogP contribution is -2.10. The summed E-state index contributed by atoms with van der Waals surface area (Å²) in [6.07, 6.45) is -4.46. The lowest BCUT2D eigenvalue weighted by atomic mass is 10.1. The second-order valence-corrected chi connectivity index (χ2v) is 5.45. The molecule has 0 unspecified atom stereocenters. The molecule has 0 fully saturated rings. The monoisotopic (exact) mass is 359 g/mol. The zero-order valence-corrected chi connectivity index (χ0v) is 12.8. The van der Waals surface area contributed by atoms with Crippen LogP contribution in [0.4, 0.5) is 18.9 Å². The van der Waals surface area contributed by atoms with Gasteiger partial charge in [0.15, 0.2) is 0 Å². The molecular weight excluding hydrogens is 347 g/mol. The van der Waals surface area contributed by atoms with Crippen LogP contribution < -0.4 is 10.5 Å². The summed E-state index contributed by atoms with van der Waals surface area (Å²) in [5, 5.41) is 0. The average Bonchev–Trinajstić information content (AvgIpc) is 2.38. The predicted molar refractivity (Wildman–Crippen MR) is 79.1 cm³/mol. The molecule has 0 radical (unpaired) electrons. The summed E-state index contributed by atoms with van der Waals surface area (Å²) >= 11 is 3.31. The van der Waals surface area contributed by atoms with Gasteiger partial charge >= 0.3 is 6.18 Å². The second kappa shape index (κ2) is 5.97. The van der Waals surface area contributed by atoms with Gasteiger partial charge in [0.25, 0.3) is 0 Å². The SMILES string of the molecule is Cc1ccc(OCc2c(N)cccc2Br)c(C(F)(F)F)c1. The molecule has 0 aliphatic heterocycles. The maximum absolute atomic E-state index is 13.0. The molecule has 2 nitrogen and oxygen atoms in total. The number of halogens is 4. The van der Waals surface area contributed by atoms with E-state index in [0.717, 1.165) is 6.07 Å². The molecule has 0 heterocycles. The first-order valence-corrected chi connectivity index (χ1v) is 6.92. The van der Waals surface area contributed by atoms with E-state index in [4.69, 9.17) is 10.5 Å². The number of hydrogen-bond donors (Lipinski definition) is 1. The van der Waals surface area contributed by atoms with Crippen molar-refractivity contribution < 1.29 is 17.9 Å². The normalized spacial score (nSPS) is 11.5. The molecule has 0 saturated carbocycles. The topological polar surface area (TPSA) is 35.2 Å². The fourth-order valence-corrected chi connectivity index (χ4v) is 2.36. The summed E-state index contributed by atoms with van der Waals surface area (Å²) in [7, 11) is 0. The van der Waals surface area contributed by atoms with Crippen LogP contribution in [0.15, 0.2) is 40.9 Å². The number of anilines is 1. The minimum atomic E-state index is -4.46. The van der Waals surface area contributed by atoms with Crippen LogP contribution in [0, 0.1) is 6.92 Å². The lowest BCUT2D eigenvalue weighted by Gasteiger charge is -2.16. The smallest absolute Gasteiger partial charge is 0.419 e. The van der Waals surface area contributed by atoms with Crippen LogP contribution in [-0.4, -0.2) is 0 Å². The first kappa shape index (κ1) is 15.7. The Kier molecular flexibility index (Phi) is 4.46. The Morgan fingerprint density at radius 1 is 1.19 bits per heavy atom. The van der Waals surface area contributed by atoms with E-state index < -0.39 is 11.7 Å². The standard InChI is InChI=1S/C15H13BrF3NO/c1-9-5-6-14(11(7-9)15(17,18)19)21-8-10-12(16)3-2-4-13(10)20/h2-7H,8,20H2,1H3. The third-order valence-corrected chi connectivity index (χ3v) is 3.71. The van der Waals surface area contributed by atoms with E-state index in [9.17, 15) is 13.2 Å². The van der Waals surface area contributed by atoms with E-state index in [2.05, 4.69) is 15.9 Å². The van der Waals surface area contributed by atoms with E-state index >= 15 is 0 Å². The summed E-state index contributed by atoms with van der Waals surface area (Å²) in [6.45, 7) is 1.56. The largest absolute Gasteiger partial charge is 0.488 e. The highest BCUT2D eigenvalue weighted by Crippen LogP contribution is 2.37. The summed E-state index contributed by atoms with van der Waals surface area (Å²) in [4.78, 5) is 0. The quantitative estimate of drug-likeness (QED) is 0.788. The Hall–Kier alpha value is -1.69. The van der Waals surface area contributed by atoms with Crippen molar-refractivity contribution in [2.24, 2.45) is 0 Å². The fourth-order valence-electron chi connectivity index (χ4n) is 1.87. The highest BCUT2D eigenvalue weighted by molar-refractivity contribution is 9.10. The molecule has 6 heteroatoms. The van der Waals surface area contributed by atoms with E-state index in [1.807, 2.05) is 0 Å². The Bertz CT molecular complexity index is 636. The van der Waals surface area contributed by atoms with Gasteiger partial charge < -0.3 is 10.5 Å². The summed E-state index contributed by atoms with van der Waals surface area (Å²) < 4.78 is 45.0. The molecular formula is C15H13BrF3NO. The number of nitrogens with two attached hydrogens (primary N) is 1. The number of benzene rings is 2. The Balaban J connectivity index is 2.29. The van der Waals surface area contributed by atoms with Crippen LogP contribution in [0.3, 0.4) is 0 Å². The molecule has 0 saturated heterocycles. The average molecular weight is 360 g/mol. The lowest BCUT2D eigenvalue weighted by molar-refractivity contribution is -0.139. The van der Waals surface area contributed by atoms with Gasteiger partial charge in [0.05, 0.1) is 5.56 Å². The highest BCUT2D eigenvalue weighted by atomic mass is 79.9. The molecule has 0 amide bonds. The summed E-state index contributed by atoms with van der Waals surface area (Å²) in [5.74, 6) is -0.205. The molecule has 0 spiro atoms. The molecule has 112 valence electrons. The number of hydrogen-bond acceptors (Lipinski definition) is 2. The summed E-state index contributed by atoms with van der Waals surface area (Å²) in [6, 6.07) is 9.14. The van der Waals surface area contributed by atoms with Crippen LogP contribution in [0.1, 0.15) is 16.7 Å². The maximum atomic E-state index is 13.0. The van der Waals surface area contributed by atoms with Gasteiger partial charge in [0.2, 0.25) is 0 Å². The van der Waals surface area contributed by atoms with Crippen molar-refractivity contribution in [2.45, 2.75) is 19.7 Å². The van der Waals surface area contributed by atoms with Crippen molar-refractivity contribution in [3.8, 4) is 5.75 Å². The van der Waals surface area contributed by atoms with Crippen LogP contribution in [0.5, 0.6) is 5.75 Å². The zero-order valence-electron chi connectivity index (χ0n) is 11.2. The van der Waals surface area contributed by atoms with Crippen molar-refractivity contribution in [1.29, 1.82) is 0 Å². The molecule has 0 aliphatic carbocycles. The minimum Gasteiger partial charge on any atom is -0.488 e. The molecule has 2 rings (SSSR count). The molecule has 2 aromatic rings. The number of aryl methyl sites for hydroxylation is 1. The molecule has 2 N–H and O–H groups in total. The predicted octanol–water partition coefficient (Wildman–Crippen LogP) is 4.94. The van der Waals surface area contributed by atoms with Gasteiger partial charge in [0.1, 0.15) is 12.4 Å². The van der Waals surface area contributed by atoms with Crippen molar-refractivity contribution in [3.63, 3.8) is 0 Å². The Morgan fingerprint density at radius 3 is 2.52 bits per heavy atom. The number of rotatable bonds is 3. The number of ether oxygens (including phenoxy) is 1. The molecule has 2 aromatic carbocycles. The Morgan fingerprint density at radius 2 is 1.90 bits per heavy atom. The highest BCUT2D eigenvalue weighted by Gasteiger charge is 2.34. The fraction of sp³-hybridized carbons (Fsp3) is 0.200. The molecule has 0 aromatic heterocycles. The zero-order chi connectivity index (χ0) is 15.6. The van der Waals surface area contributed by atoms with Gasteiger partial charge in [-0.05, 0) is 31.2 Å². The summed E-state index contributed by atoms with van der Waals surface area (Å²) in [5.41, 5.74) is 6.62. The van der Waals surface area contributed by atoms with Crippen molar-refractivity contribution >= 4 is 21.6 Å². The van der Waals surface area contributed by atoms with Crippen LogP contribution in [0.25, 0.3) is 0 Å². The van der Waals surface area contributed by atoms with E-state index in [1.54, 1.807) is 31.2 Å².